The number of methoxy groups -OCH3 is 1. The van der Waals surface area contributed by atoms with E-state index in [1.807, 2.05) is 6.07 Å². The highest BCUT2D eigenvalue weighted by atomic mass is 32.2. The number of rotatable bonds is 5. The van der Waals surface area contributed by atoms with Crippen molar-refractivity contribution in [3.05, 3.63) is 45.6 Å². The Balaban J connectivity index is 1.66. The van der Waals surface area contributed by atoms with Crippen LogP contribution in [0.2, 0.25) is 0 Å². The fraction of sp³-hybridized carbons (Fsp3) is 0.267. The summed E-state index contributed by atoms with van der Waals surface area (Å²) in [5.74, 6) is 0.113. The lowest BCUT2D eigenvalue weighted by Gasteiger charge is -2.08. The van der Waals surface area contributed by atoms with E-state index in [9.17, 15) is 13.2 Å². The van der Waals surface area contributed by atoms with E-state index in [1.165, 1.54) is 41.0 Å². The molecule has 0 aliphatic heterocycles. The number of aryl methyl sites for hydroxylation is 2. The minimum atomic E-state index is -3.82. The first kappa shape index (κ1) is 16.0. The average Bonchev–Trinajstić information content (AvgIpc) is 3.14. The standard InChI is InChI=1S/C15H16N2O4S2/c1-21-11-5-7-12(8-6-11)23(19,20)17-16-15(18)14-9-10-3-2-4-13(10)22-14/h5-9,17H,2-4H2,1H3,(H,16,18). The number of sulfonamides is 1. The van der Waals surface area contributed by atoms with Crippen LogP contribution < -0.4 is 15.0 Å². The number of hydrogen-bond acceptors (Lipinski definition) is 5. The van der Waals surface area contributed by atoms with E-state index in [0.717, 1.165) is 19.3 Å². The molecular weight excluding hydrogens is 336 g/mol. The van der Waals surface area contributed by atoms with Crippen LogP contribution in [-0.4, -0.2) is 21.4 Å². The Kier molecular flexibility index (Phi) is 4.38. The van der Waals surface area contributed by atoms with Crippen LogP contribution in [0.5, 0.6) is 5.75 Å². The number of thiophene rings is 1. The van der Waals surface area contributed by atoms with Crippen LogP contribution in [0.25, 0.3) is 0 Å². The van der Waals surface area contributed by atoms with Gasteiger partial charge in [0.25, 0.3) is 15.9 Å². The van der Waals surface area contributed by atoms with Crippen molar-refractivity contribution in [2.45, 2.75) is 24.2 Å². The minimum absolute atomic E-state index is 0.0484. The molecule has 0 radical (unpaired) electrons. The highest BCUT2D eigenvalue weighted by Gasteiger charge is 2.20. The molecule has 122 valence electrons. The zero-order valence-electron chi connectivity index (χ0n) is 12.5. The first-order valence-electron chi connectivity index (χ1n) is 7.07. The molecule has 0 bridgehead atoms. The molecule has 8 heteroatoms. The highest BCUT2D eigenvalue weighted by Crippen LogP contribution is 2.30. The second kappa shape index (κ2) is 6.31. The summed E-state index contributed by atoms with van der Waals surface area (Å²) in [6.45, 7) is 0. The lowest BCUT2D eigenvalue weighted by molar-refractivity contribution is 0.0949. The number of fused-ring (bicyclic) bond motifs is 1. The van der Waals surface area contributed by atoms with Crippen LogP contribution >= 0.6 is 11.3 Å². The second-order valence-electron chi connectivity index (χ2n) is 5.15. The van der Waals surface area contributed by atoms with Gasteiger partial charge in [-0.2, -0.15) is 0 Å². The van der Waals surface area contributed by atoms with Gasteiger partial charge in [-0.1, -0.05) is 0 Å². The average molecular weight is 352 g/mol. The fourth-order valence-corrected chi connectivity index (χ4v) is 4.42. The molecule has 1 aliphatic rings. The van der Waals surface area contributed by atoms with Crippen LogP contribution in [0.4, 0.5) is 0 Å². The SMILES string of the molecule is COc1ccc(S(=O)(=O)NNC(=O)c2cc3c(s2)CCC3)cc1. The molecule has 0 saturated heterocycles. The summed E-state index contributed by atoms with van der Waals surface area (Å²) in [6.07, 6.45) is 3.09. The molecule has 1 amide bonds. The van der Waals surface area contributed by atoms with Crippen LogP contribution in [-0.2, 0) is 22.9 Å². The zero-order valence-corrected chi connectivity index (χ0v) is 14.1. The maximum absolute atomic E-state index is 12.1. The van der Waals surface area contributed by atoms with Gasteiger partial charge in [0, 0.05) is 4.88 Å². The zero-order chi connectivity index (χ0) is 16.4. The lowest BCUT2D eigenvalue weighted by Crippen LogP contribution is -2.41. The Bertz CT molecular complexity index is 804. The van der Waals surface area contributed by atoms with Gasteiger partial charge in [0.15, 0.2) is 0 Å². The number of nitrogens with one attached hydrogen (secondary N) is 2. The van der Waals surface area contributed by atoms with Crippen molar-refractivity contribution in [1.29, 1.82) is 0 Å². The molecule has 0 atom stereocenters. The summed E-state index contributed by atoms with van der Waals surface area (Å²) in [7, 11) is -2.32. The number of carbonyl (C=O) groups excluding carboxylic acids is 1. The van der Waals surface area contributed by atoms with Crippen molar-refractivity contribution in [1.82, 2.24) is 10.3 Å². The Morgan fingerprint density at radius 1 is 1.22 bits per heavy atom. The van der Waals surface area contributed by atoms with Gasteiger partial charge in [0.1, 0.15) is 5.75 Å². The lowest BCUT2D eigenvalue weighted by atomic mass is 10.2. The summed E-state index contributed by atoms with van der Waals surface area (Å²) >= 11 is 1.42. The molecular formula is C15H16N2O4S2. The molecule has 0 saturated carbocycles. The summed E-state index contributed by atoms with van der Waals surface area (Å²) in [5, 5.41) is 0. The molecule has 0 spiro atoms. The second-order valence-corrected chi connectivity index (χ2v) is 7.97. The third kappa shape index (κ3) is 3.39. The monoisotopic (exact) mass is 352 g/mol. The summed E-state index contributed by atoms with van der Waals surface area (Å²) < 4.78 is 29.3. The first-order chi connectivity index (χ1) is 11.0. The van der Waals surface area contributed by atoms with Gasteiger partial charge in [-0.3, -0.25) is 10.2 Å². The van der Waals surface area contributed by atoms with Gasteiger partial charge in [-0.15, -0.1) is 16.2 Å². The Morgan fingerprint density at radius 3 is 2.61 bits per heavy atom. The molecule has 0 fully saturated rings. The van der Waals surface area contributed by atoms with Gasteiger partial charge < -0.3 is 4.74 Å². The van der Waals surface area contributed by atoms with Crippen molar-refractivity contribution in [2.24, 2.45) is 0 Å². The maximum atomic E-state index is 12.1. The molecule has 6 nitrogen and oxygen atoms in total. The molecule has 1 aromatic carbocycles. The van der Waals surface area contributed by atoms with E-state index in [0.29, 0.717) is 10.6 Å². The quantitative estimate of drug-likeness (QED) is 0.805. The van der Waals surface area contributed by atoms with Crippen molar-refractivity contribution < 1.29 is 17.9 Å². The van der Waals surface area contributed by atoms with Gasteiger partial charge in [0.2, 0.25) is 0 Å². The number of benzene rings is 1. The predicted molar refractivity (Wildman–Crippen MR) is 87.1 cm³/mol. The van der Waals surface area contributed by atoms with E-state index in [2.05, 4.69) is 10.3 Å². The molecule has 23 heavy (non-hydrogen) atoms. The normalized spacial score (nSPS) is 13.6. The number of amides is 1. The fourth-order valence-electron chi connectivity index (χ4n) is 2.43. The van der Waals surface area contributed by atoms with Crippen LogP contribution in [0.1, 0.15) is 26.5 Å². The topological polar surface area (TPSA) is 84.5 Å². The van der Waals surface area contributed by atoms with Crippen LogP contribution in [0.15, 0.2) is 35.2 Å². The minimum Gasteiger partial charge on any atom is -0.497 e. The molecule has 1 aromatic heterocycles. The third-order valence-corrected chi connectivity index (χ3v) is 6.14. The van der Waals surface area contributed by atoms with Crippen LogP contribution in [0, 0.1) is 0 Å². The van der Waals surface area contributed by atoms with Crippen molar-refractivity contribution in [2.75, 3.05) is 7.11 Å². The van der Waals surface area contributed by atoms with Crippen LogP contribution in [0.3, 0.4) is 0 Å². The highest BCUT2D eigenvalue weighted by molar-refractivity contribution is 7.89. The third-order valence-electron chi connectivity index (χ3n) is 3.64. The molecule has 2 aromatic rings. The van der Waals surface area contributed by atoms with Gasteiger partial charge >= 0.3 is 0 Å². The van der Waals surface area contributed by atoms with Crippen molar-refractivity contribution >= 4 is 27.3 Å². The summed E-state index contributed by atoms with van der Waals surface area (Å²) in [4.78, 5) is 16.0. The molecule has 3 rings (SSSR count). The van der Waals surface area contributed by atoms with E-state index in [-0.39, 0.29) is 4.90 Å². The summed E-state index contributed by atoms with van der Waals surface area (Å²) in [5.41, 5.74) is 3.45. The smallest absolute Gasteiger partial charge is 0.276 e. The van der Waals surface area contributed by atoms with Gasteiger partial charge in [-0.25, -0.2) is 8.42 Å². The van der Waals surface area contributed by atoms with E-state index >= 15 is 0 Å². The largest absolute Gasteiger partial charge is 0.497 e. The molecule has 2 N–H and O–H groups in total. The van der Waals surface area contributed by atoms with E-state index in [1.54, 1.807) is 12.1 Å². The maximum Gasteiger partial charge on any atom is 0.276 e. The molecule has 1 heterocycles. The molecule has 1 aliphatic carbocycles. The Hall–Kier alpha value is -1.90. The number of ether oxygens (including phenoxy) is 1. The van der Waals surface area contributed by atoms with E-state index < -0.39 is 15.9 Å². The summed E-state index contributed by atoms with van der Waals surface area (Å²) in [6, 6.07) is 7.74. The van der Waals surface area contributed by atoms with E-state index in [4.69, 9.17) is 4.74 Å². The number of hydrazine groups is 1. The first-order valence-corrected chi connectivity index (χ1v) is 9.37. The van der Waals surface area contributed by atoms with Crippen molar-refractivity contribution in [3.63, 3.8) is 0 Å². The Morgan fingerprint density at radius 2 is 1.96 bits per heavy atom. The molecule has 0 unspecified atom stereocenters. The predicted octanol–water partition coefficient (Wildman–Crippen LogP) is 1.87. The Labute approximate surface area is 138 Å². The number of hydrogen-bond donors (Lipinski definition) is 2. The van der Waals surface area contributed by atoms with Crippen molar-refractivity contribution in [3.8, 4) is 5.75 Å². The van der Waals surface area contributed by atoms with Gasteiger partial charge in [-0.05, 0) is 55.2 Å². The van der Waals surface area contributed by atoms with Gasteiger partial charge in [0.05, 0.1) is 16.9 Å². The number of carbonyl (C=O) groups is 1.